The molecule has 4 heteroatoms. The van der Waals surface area contributed by atoms with Gasteiger partial charge in [-0.2, -0.15) is 0 Å². The first-order valence-corrected chi connectivity index (χ1v) is 5.97. The highest BCUT2D eigenvalue weighted by Crippen LogP contribution is 2.22. The first-order valence-electron chi connectivity index (χ1n) is 5.97. The van der Waals surface area contributed by atoms with Crippen LogP contribution in [0.1, 0.15) is 35.5 Å². The molecule has 1 aromatic heterocycles. The van der Waals surface area contributed by atoms with Crippen LogP contribution in [0.15, 0.2) is 28.8 Å². The van der Waals surface area contributed by atoms with Gasteiger partial charge in [-0.15, -0.1) is 0 Å². The molecule has 2 rings (SSSR count). The molecule has 0 radical (unpaired) electrons. The number of aromatic nitrogens is 1. The van der Waals surface area contributed by atoms with Crippen LogP contribution in [0.4, 0.5) is 0 Å². The number of nitrogens with two attached hydrogens (primary N) is 1. The lowest BCUT2D eigenvalue weighted by Crippen LogP contribution is -2.05. The Morgan fingerprint density at radius 2 is 2.11 bits per heavy atom. The Morgan fingerprint density at radius 3 is 2.67 bits per heavy atom. The van der Waals surface area contributed by atoms with Gasteiger partial charge in [0.2, 0.25) is 0 Å². The van der Waals surface area contributed by atoms with Crippen LogP contribution in [-0.2, 0) is 6.61 Å². The summed E-state index contributed by atoms with van der Waals surface area (Å²) in [5, 5.41) is 3.82. The maximum atomic E-state index is 5.84. The van der Waals surface area contributed by atoms with Crippen molar-refractivity contribution >= 4 is 0 Å². The molecule has 2 N–H and O–H groups in total. The Bertz CT molecular complexity index is 532. The van der Waals surface area contributed by atoms with Crippen LogP contribution in [0.5, 0.6) is 5.75 Å². The highest BCUT2D eigenvalue weighted by atomic mass is 16.5. The smallest absolute Gasteiger partial charge is 0.174 e. The topological polar surface area (TPSA) is 61.3 Å². The molecule has 1 atom stereocenters. The van der Waals surface area contributed by atoms with E-state index in [0.29, 0.717) is 6.61 Å². The molecule has 0 saturated heterocycles. The minimum atomic E-state index is 0.0367. The fourth-order valence-electron chi connectivity index (χ4n) is 1.75. The molecule has 1 aromatic carbocycles. The molecule has 2 aromatic rings. The number of aryl methyl sites for hydroxylation is 2. The van der Waals surface area contributed by atoms with Crippen LogP contribution in [0.25, 0.3) is 0 Å². The predicted molar refractivity (Wildman–Crippen MR) is 69.4 cm³/mol. The van der Waals surface area contributed by atoms with Crippen LogP contribution >= 0.6 is 0 Å². The van der Waals surface area contributed by atoms with E-state index in [1.165, 1.54) is 0 Å². The van der Waals surface area contributed by atoms with Crippen molar-refractivity contribution in [2.45, 2.75) is 33.4 Å². The minimum absolute atomic E-state index is 0.0367. The van der Waals surface area contributed by atoms with E-state index in [1.54, 1.807) is 0 Å². The van der Waals surface area contributed by atoms with Gasteiger partial charge < -0.3 is 15.0 Å². The van der Waals surface area contributed by atoms with Gasteiger partial charge in [-0.1, -0.05) is 17.3 Å². The Kier molecular flexibility index (Phi) is 3.67. The Morgan fingerprint density at radius 1 is 1.33 bits per heavy atom. The van der Waals surface area contributed by atoms with Crippen LogP contribution in [0.2, 0.25) is 0 Å². The summed E-state index contributed by atoms with van der Waals surface area (Å²) < 4.78 is 10.8. The lowest BCUT2D eigenvalue weighted by atomic mass is 10.1. The molecular formula is C14H18N2O2. The van der Waals surface area contributed by atoms with E-state index in [4.69, 9.17) is 15.0 Å². The molecule has 0 aliphatic heterocycles. The SMILES string of the molecule is Cc1cc(COc2ccc([C@H](C)N)cc2C)on1. The Labute approximate surface area is 107 Å². The minimum Gasteiger partial charge on any atom is -0.485 e. The van der Waals surface area contributed by atoms with Crippen LogP contribution in [0, 0.1) is 13.8 Å². The number of ether oxygens (including phenoxy) is 1. The lowest BCUT2D eigenvalue weighted by molar-refractivity contribution is 0.247. The second-order valence-corrected chi connectivity index (χ2v) is 4.54. The maximum absolute atomic E-state index is 5.84. The lowest BCUT2D eigenvalue weighted by Gasteiger charge is -2.11. The van der Waals surface area contributed by atoms with Gasteiger partial charge >= 0.3 is 0 Å². The van der Waals surface area contributed by atoms with E-state index in [2.05, 4.69) is 5.16 Å². The normalized spacial score (nSPS) is 12.4. The van der Waals surface area contributed by atoms with Gasteiger partial charge in [0.1, 0.15) is 12.4 Å². The summed E-state index contributed by atoms with van der Waals surface area (Å²) in [4.78, 5) is 0. The number of benzene rings is 1. The Balaban J connectivity index is 2.05. The molecule has 4 nitrogen and oxygen atoms in total. The van der Waals surface area contributed by atoms with Crippen LogP contribution in [-0.4, -0.2) is 5.16 Å². The largest absolute Gasteiger partial charge is 0.485 e. The standard InChI is InChI=1S/C14H18N2O2/c1-9-6-12(11(3)15)4-5-14(9)17-8-13-7-10(2)16-18-13/h4-7,11H,8,15H2,1-3H3/t11-/m0/s1. The number of hydrogen-bond acceptors (Lipinski definition) is 4. The second kappa shape index (κ2) is 5.23. The molecule has 0 bridgehead atoms. The molecule has 0 aliphatic rings. The molecule has 0 fully saturated rings. The molecule has 0 amide bonds. The monoisotopic (exact) mass is 246 g/mol. The van der Waals surface area contributed by atoms with Crippen molar-refractivity contribution in [2.24, 2.45) is 5.73 Å². The summed E-state index contributed by atoms with van der Waals surface area (Å²) >= 11 is 0. The maximum Gasteiger partial charge on any atom is 0.174 e. The quantitative estimate of drug-likeness (QED) is 0.901. The zero-order chi connectivity index (χ0) is 13.1. The van der Waals surface area contributed by atoms with Gasteiger partial charge in [0.05, 0.1) is 5.69 Å². The summed E-state index contributed by atoms with van der Waals surface area (Å²) in [6.45, 7) is 6.24. The van der Waals surface area contributed by atoms with Gasteiger partial charge in [-0.3, -0.25) is 0 Å². The predicted octanol–water partition coefficient (Wildman–Crippen LogP) is 2.89. The summed E-state index contributed by atoms with van der Waals surface area (Å²) in [5.74, 6) is 1.57. The van der Waals surface area contributed by atoms with Crippen molar-refractivity contribution in [1.29, 1.82) is 0 Å². The fourth-order valence-corrected chi connectivity index (χ4v) is 1.75. The van der Waals surface area contributed by atoms with Gasteiger partial charge in [0.25, 0.3) is 0 Å². The van der Waals surface area contributed by atoms with Gasteiger partial charge in [-0.25, -0.2) is 0 Å². The van der Waals surface area contributed by atoms with Gasteiger partial charge in [-0.05, 0) is 38.0 Å². The van der Waals surface area contributed by atoms with E-state index in [9.17, 15) is 0 Å². The molecule has 1 heterocycles. The Hall–Kier alpha value is -1.81. The summed E-state index contributed by atoms with van der Waals surface area (Å²) in [6, 6.07) is 7.88. The average Bonchev–Trinajstić information content (AvgIpc) is 2.73. The summed E-state index contributed by atoms with van der Waals surface area (Å²) in [7, 11) is 0. The second-order valence-electron chi connectivity index (χ2n) is 4.54. The number of hydrogen-bond donors (Lipinski definition) is 1. The van der Waals surface area contributed by atoms with Crippen LogP contribution < -0.4 is 10.5 Å². The van der Waals surface area contributed by atoms with Crippen molar-refractivity contribution in [1.82, 2.24) is 5.16 Å². The van der Waals surface area contributed by atoms with Crippen molar-refractivity contribution in [3.05, 3.63) is 46.8 Å². The van der Waals surface area contributed by atoms with E-state index in [-0.39, 0.29) is 6.04 Å². The first kappa shape index (κ1) is 12.6. The highest BCUT2D eigenvalue weighted by molar-refractivity contribution is 5.37. The van der Waals surface area contributed by atoms with Crippen molar-refractivity contribution < 1.29 is 9.26 Å². The summed E-state index contributed by atoms with van der Waals surface area (Å²) in [6.07, 6.45) is 0. The highest BCUT2D eigenvalue weighted by Gasteiger charge is 2.06. The first-order chi connectivity index (χ1) is 8.56. The summed E-state index contributed by atoms with van der Waals surface area (Å²) in [5.41, 5.74) is 8.87. The molecular weight excluding hydrogens is 228 g/mol. The molecule has 0 saturated carbocycles. The molecule has 18 heavy (non-hydrogen) atoms. The number of rotatable bonds is 4. The third kappa shape index (κ3) is 2.90. The third-order valence-electron chi connectivity index (χ3n) is 2.77. The molecule has 0 spiro atoms. The van der Waals surface area contributed by atoms with Crippen molar-refractivity contribution in [3.8, 4) is 5.75 Å². The third-order valence-corrected chi connectivity index (χ3v) is 2.77. The van der Waals surface area contributed by atoms with Crippen molar-refractivity contribution in [2.75, 3.05) is 0 Å². The zero-order valence-electron chi connectivity index (χ0n) is 10.9. The molecule has 96 valence electrons. The fraction of sp³-hybridized carbons (Fsp3) is 0.357. The molecule has 0 aliphatic carbocycles. The number of nitrogens with zero attached hydrogens (tertiary/aromatic N) is 1. The molecule has 0 unspecified atom stereocenters. The van der Waals surface area contributed by atoms with E-state index >= 15 is 0 Å². The van der Waals surface area contributed by atoms with Crippen LogP contribution in [0.3, 0.4) is 0 Å². The zero-order valence-corrected chi connectivity index (χ0v) is 10.9. The van der Waals surface area contributed by atoms with Gasteiger partial charge in [0, 0.05) is 12.1 Å². The van der Waals surface area contributed by atoms with Crippen molar-refractivity contribution in [3.63, 3.8) is 0 Å². The van der Waals surface area contributed by atoms with Gasteiger partial charge in [0.15, 0.2) is 5.76 Å². The van der Waals surface area contributed by atoms with E-state index in [0.717, 1.165) is 28.3 Å². The van der Waals surface area contributed by atoms with E-state index < -0.39 is 0 Å². The van der Waals surface area contributed by atoms with E-state index in [1.807, 2.05) is 45.0 Å². The average molecular weight is 246 g/mol.